The Morgan fingerprint density at radius 1 is 1.19 bits per heavy atom. The molecule has 1 nitrogen and oxygen atoms in total. The van der Waals surface area contributed by atoms with Crippen molar-refractivity contribution in [2.75, 3.05) is 24.2 Å². The second-order valence-corrected chi connectivity index (χ2v) is 4.49. The third-order valence-corrected chi connectivity index (χ3v) is 2.97. The monoisotopic (exact) mass is 241 g/mol. The lowest BCUT2D eigenvalue weighted by Crippen LogP contribution is -2.18. The first-order valence-electron chi connectivity index (χ1n) is 5.81. The van der Waals surface area contributed by atoms with E-state index in [1.54, 1.807) is 12.1 Å². The molecule has 0 amide bonds. The zero-order valence-corrected chi connectivity index (χ0v) is 10.7. The molecule has 0 fully saturated rings. The Morgan fingerprint density at radius 2 is 1.94 bits per heavy atom. The van der Waals surface area contributed by atoms with Crippen LogP contribution in [0.2, 0.25) is 0 Å². The number of anilines is 1. The number of nitrogens with zero attached hydrogens (tertiary/aromatic N) is 1. The Balaban J connectivity index is 2.27. The molecule has 0 saturated heterocycles. The van der Waals surface area contributed by atoms with Gasteiger partial charge in [-0.2, -0.15) is 12.6 Å². The molecule has 1 aromatic rings. The molecule has 90 valence electrons. The molecule has 1 rings (SSSR count). The fourth-order valence-corrected chi connectivity index (χ4v) is 1.88. The van der Waals surface area contributed by atoms with E-state index in [0.29, 0.717) is 0 Å². The molecule has 1 aromatic carbocycles. The summed E-state index contributed by atoms with van der Waals surface area (Å²) in [5, 5.41) is 0. The molecule has 3 heteroatoms. The van der Waals surface area contributed by atoms with Gasteiger partial charge in [-0.25, -0.2) is 4.39 Å². The minimum absolute atomic E-state index is 0.167. The summed E-state index contributed by atoms with van der Waals surface area (Å²) in [7, 11) is 2.01. The third kappa shape index (κ3) is 4.88. The van der Waals surface area contributed by atoms with E-state index in [1.807, 2.05) is 13.1 Å². The molecule has 0 aromatic heterocycles. The third-order valence-electron chi connectivity index (χ3n) is 2.65. The number of unbranched alkanes of at least 4 members (excludes halogenated alkanes) is 3. The maximum Gasteiger partial charge on any atom is 0.125 e. The van der Waals surface area contributed by atoms with E-state index in [9.17, 15) is 4.39 Å². The van der Waals surface area contributed by atoms with Crippen LogP contribution in [-0.4, -0.2) is 19.3 Å². The van der Waals surface area contributed by atoms with Gasteiger partial charge in [-0.05, 0) is 36.8 Å². The summed E-state index contributed by atoms with van der Waals surface area (Å²) in [5.74, 6) is 0.805. The first kappa shape index (κ1) is 13.4. The van der Waals surface area contributed by atoms with E-state index >= 15 is 0 Å². The topological polar surface area (TPSA) is 3.24 Å². The first-order chi connectivity index (χ1) is 7.74. The number of thiol groups is 1. The van der Waals surface area contributed by atoms with E-state index in [4.69, 9.17) is 0 Å². The van der Waals surface area contributed by atoms with Crippen LogP contribution in [0.1, 0.15) is 25.7 Å². The zero-order valence-electron chi connectivity index (χ0n) is 9.82. The van der Waals surface area contributed by atoms with E-state index in [1.165, 1.54) is 25.3 Å². The average Bonchev–Trinajstić information content (AvgIpc) is 2.28. The highest BCUT2D eigenvalue weighted by atomic mass is 32.1. The molecule has 16 heavy (non-hydrogen) atoms. The van der Waals surface area contributed by atoms with Gasteiger partial charge in [0.05, 0.1) is 0 Å². The smallest absolute Gasteiger partial charge is 0.125 e. The normalized spacial score (nSPS) is 10.4. The molecule has 0 aliphatic carbocycles. The van der Waals surface area contributed by atoms with Crippen molar-refractivity contribution in [3.63, 3.8) is 0 Å². The van der Waals surface area contributed by atoms with Gasteiger partial charge in [0.2, 0.25) is 0 Å². The molecule has 0 aliphatic heterocycles. The Kier molecular flexibility index (Phi) is 6.31. The lowest BCUT2D eigenvalue weighted by atomic mass is 10.2. The Hall–Kier alpha value is -0.700. The molecule has 0 aliphatic rings. The van der Waals surface area contributed by atoms with Gasteiger partial charge < -0.3 is 4.90 Å². The van der Waals surface area contributed by atoms with Crippen LogP contribution in [0.4, 0.5) is 10.1 Å². The lowest BCUT2D eigenvalue weighted by molar-refractivity contribution is 0.625. The van der Waals surface area contributed by atoms with Gasteiger partial charge in [0.1, 0.15) is 5.82 Å². The van der Waals surface area contributed by atoms with Crippen molar-refractivity contribution in [1.82, 2.24) is 0 Å². The number of halogens is 1. The van der Waals surface area contributed by atoms with Crippen molar-refractivity contribution in [1.29, 1.82) is 0 Å². The molecular formula is C13H20FNS. The van der Waals surface area contributed by atoms with Gasteiger partial charge in [-0.3, -0.25) is 0 Å². The highest BCUT2D eigenvalue weighted by Crippen LogP contribution is 2.14. The molecule has 0 N–H and O–H groups in total. The Morgan fingerprint density at radius 3 is 2.62 bits per heavy atom. The van der Waals surface area contributed by atoms with Gasteiger partial charge in [-0.1, -0.05) is 18.9 Å². The second-order valence-electron chi connectivity index (χ2n) is 4.04. The summed E-state index contributed by atoms with van der Waals surface area (Å²) < 4.78 is 13.0. The largest absolute Gasteiger partial charge is 0.375 e. The van der Waals surface area contributed by atoms with Gasteiger partial charge in [0.25, 0.3) is 0 Å². The van der Waals surface area contributed by atoms with Crippen molar-refractivity contribution in [3.05, 3.63) is 30.1 Å². The van der Waals surface area contributed by atoms with Crippen LogP contribution in [0.25, 0.3) is 0 Å². The summed E-state index contributed by atoms with van der Waals surface area (Å²) in [6.07, 6.45) is 4.80. The summed E-state index contributed by atoms with van der Waals surface area (Å²) in [5.41, 5.74) is 0.953. The van der Waals surface area contributed by atoms with Gasteiger partial charge >= 0.3 is 0 Å². The van der Waals surface area contributed by atoms with Crippen molar-refractivity contribution in [2.45, 2.75) is 25.7 Å². The van der Waals surface area contributed by atoms with Crippen LogP contribution in [0.5, 0.6) is 0 Å². The van der Waals surface area contributed by atoms with Gasteiger partial charge in [-0.15, -0.1) is 0 Å². The summed E-state index contributed by atoms with van der Waals surface area (Å²) in [6, 6.07) is 6.75. The fourth-order valence-electron chi connectivity index (χ4n) is 1.66. The van der Waals surface area contributed by atoms with Crippen LogP contribution in [0.3, 0.4) is 0 Å². The highest BCUT2D eigenvalue weighted by Gasteiger charge is 2.01. The Labute approximate surface area is 103 Å². The van der Waals surface area contributed by atoms with Crippen molar-refractivity contribution in [2.24, 2.45) is 0 Å². The van der Waals surface area contributed by atoms with Crippen LogP contribution >= 0.6 is 12.6 Å². The van der Waals surface area contributed by atoms with Gasteiger partial charge in [0, 0.05) is 19.3 Å². The standard InChI is InChI=1S/C13H20FNS/c1-15(9-4-2-3-5-10-16)13-8-6-7-12(14)11-13/h6-8,11,16H,2-5,9-10H2,1H3. The van der Waals surface area contributed by atoms with Crippen LogP contribution in [-0.2, 0) is 0 Å². The predicted molar refractivity (Wildman–Crippen MR) is 72.0 cm³/mol. The molecular weight excluding hydrogens is 221 g/mol. The highest BCUT2D eigenvalue weighted by molar-refractivity contribution is 7.80. The van der Waals surface area contributed by atoms with E-state index in [2.05, 4.69) is 17.5 Å². The molecule has 0 spiro atoms. The lowest BCUT2D eigenvalue weighted by Gasteiger charge is -2.19. The maximum absolute atomic E-state index is 13.0. The first-order valence-corrected chi connectivity index (χ1v) is 6.45. The Bertz CT molecular complexity index is 304. The summed E-state index contributed by atoms with van der Waals surface area (Å²) in [6.45, 7) is 0.982. The SMILES string of the molecule is CN(CCCCCCS)c1cccc(F)c1. The molecule has 0 unspecified atom stereocenters. The molecule has 0 bridgehead atoms. The predicted octanol–water partition coefficient (Wildman–Crippen LogP) is 3.75. The van der Waals surface area contributed by atoms with Crippen LogP contribution < -0.4 is 4.90 Å². The molecule has 0 saturated carbocycles. The average molecular weight is 241 g/mol. The molecule has 0 heterocycles. The zero-order chi connectivity index (χ0) is 11.8. The van der Waals surface area contributed by atoms with E-state index in [-0.39, 0.29) is 5.82 Å². The number of hydrogen-bond acceptors (Lipinski definition) is 2. The van der Waals surface area contributed by atoms with Gasteiger partial charge in [0.15, 0.2) is 0 Å². The number of benzene rings is 1. The minimum atomic E-state index is -0.167. The van der Waals surface area contributed by atoms with E-state index < -0.39 is 0 Å². The van der Waals surface area contributed by atoms with Crippen LogP contribution in [0.15, 0.2) is 24.3 Å². The minimum Gasteiger partial charge on any atom is -0.375 e. The fraction of sp³-hybridized carbons (Fsp3) is 0.538. The van der Waals surface area contributed by atoms with E-state index in [0.717, 1.165) is 24.4 Å². The quantitative estimate of drug-likeness (QED) is 0.562. The number of hydrogen-bond donors (Lipinski definition) is 1. The summed E-state index contributed by atoms with van der Waals surface area (Å²) in [4.78, 5) is 2.10. The summed E-state index contributed by atoms with van der Waals surface area (Å²) >= 11 is 4.18. The maximum atomic E-state index is 13.0. The van der Waals surface area contributed by atoms with Crippen molar-refractivity contribution in [3.8, 4) is 0 Å². The molecule has 0 atom stereocenters. The van der Waals surface area contributed by atoms with Crippen LogP contribution in [0, 0.1) is 5.82 Å². The second kappa shape index (κ2) is 7.55. The number of rotatable bonds is 7. The molecule has 0 radical (unpaired) electrons. The van der Waals surface area contributed by atoms with Crippen molar-refractivity contribution < 1.29 is 4.39 Å². The van der Waals surface area contributed by atoms with Crippen molar-refractivity contribution >= 4 is 18.3 Å².